The van der Waals surface area contributed by atoms with E-state index in [1.165, 1.54) is 0 Å². The van der Waals surface area contributed by atoms with Crippen molar-refractivity contribution in [1.29, 1.82) is 0 Å². The predicted molar refractivity (Wildman–Crippen MR) is 135 cm³/mol. The molecule has 2 amide bonds. The van der Waals surface area contributed by atoms with Crippen LogP contribution in [0.15, 0.2) is 60.8 Å². The molecule has 33 heavy (non-hydrogen) atoms. The zero-order chi connectivity index (χ0) is 24.0. The number of aromatic nitrogens is 2. The maximum atomic E-state index is 12.5. The van der Waals surface area contributed by atoms with Gasteiger partial charge >= 0.3 is 6.03 Å². The van der Waals surface area contributed by atoms with Gasteiger partial charge in [-0.3, -0.25) is 0 Å². The summed E-state index contributed by atoms with van der Waals surface area (Å²) in [5.41, 5.74) is 15.7. The first-order valence-corrected chi connectivity index (χ1v) is 10.6. The second kappa shape index (κ2) is 10.1. The van der Waals surface area contributed by atoms with Gasteiger partial charge in [0, 0.05) is 22.6 Å². The molecule has 0 radical (unpaired) electrons. The molecule has 0 unspecified atom stereocenters. The van der Waals surface area contributed by atoms with E-state index in [0.717, 1.165) is 5.56 Å². The van der Waals surface area contributed by atoms with Gasteiger partial charge in [-0.15, -0.1) is 0 Å². The minimum absolute atomic E-state index is 0.132. The fraction of sp³-hybridized carbons (Fsp3) is 0.167. The molecular weight excluding hydrogens is 438 g/mol. The lowest BCUT2D eigenvalue weighted by Crippen LogP contribution is -2.81. The van der Waals surface area contributed by atoms with E-state index in [1.54, 1.807) is 42.6 Å². The molecule has 0 saturated heterocycles. The molecule has 1 aromatic heterocycles. The van der Waals surface area contributed by atoms with Gasteiger partial charge in [0.05, 0.1) is 17.0 Å². The molecule has 7 N–H and O–H groups in total. The largest absolute Gasteiger partial charge is 0.396 e. The summed E-state index contributed by atoms with van der Waals surface area (Å²) < 4.78 is 0. The summed E-state index contributed by atoms with van der Waals surface area (Å²) in [5.74, 6) is 0.132. The van der Waals surface area contributed by atoms with Gasteiger partial charge in [-0.2, -0.15) is 0 Å². The summed E-state index contributed by atoms with van der Waals surface area (Å²) in [4.78, 5) is 24.0. The second-order valence-electron chi connectivity index (χ2n) is 8.33. The van der Waals surface area contributed by atoms with E-state index in [1.807, 2.05) is 45.2 Å². The highest BCUT2D eigenvalue weighted by atomic mass is 35.5. The minimum atomic E-state index is -0.381. The molecule has 0 aliphatic heterocycles. The van der Waals surface area contributed by atoms with Crippen LogP contribution in [0.3, 0.4) is 0 Å². The number of hydrogen-bond donors (Lipinski definition) is 5. The Balaban J connectivity index is 1.92. The number of nitrogen functional groups attached to an aromatic ring is 1. The van der Waals surface area contributed by atoms with Crippen molar-refractivity contribution in [1.82, 2.24) is 9.97 Å². The molecule has 1 heterocycles. The number of nitrogens with two attached hydrogens (primary N) is 2. The van der Waals surface area contributed by atoms with E-state index in [-0.39, 0.29) is 17.5 Å². The molecule has 0 aliphatic carbocycles. The highest BCUT2D eigenvalue weighted by molar-refractivity contribution is 6.30. The molecule has 0 bridgehead atoms. The van der Waals surface area contributed by atoms with Crippen LogP contribution in [0.4, 0.5) is 22.1 Å². The molecule has 0 atom stereocenters. The number of carbonyl (C=O) groups excluding carboxylic acids is 1. The van der Waals surface area contributed by atoms with Crippen LogP contribution in [0.5, 0.6) is 0 Å². The summed E-state index contributed by atoms with van der Waals surface area (Å²) in [6.07, 6.45) is 3.39. The van der Waals surface area contributed by atoms with Crippen LogP contribution in [0.1, 0.15) is 32.0 Å². The fourth-order valence-corrected chi connectivity index (χ4v) is 2.98. The van der Waals surface area contributed by atoms with E-state index in [2.05, 4.69) is 25.6 Å². The van der Waals surface area contributed by atoms with Crippen LogP contribution in [-0.2, 0) is 0 Å². The summed E-state index contributed by atoms with van der Waals surface area (Å²) in [7, 11) is 0. The van der Waals surface area contributed by atoms with E-state index in [9.17, 15) is 4.79 Å². The van der Waals surface area contributed by atoms with Crippen molar-refractivity contribution in [3.8, 4) is 0 Å². The molecule has 3 aromatic rings. The molecule has 170 valence electrons. The topological polar surface area (TPSA) is 133 Å². The summed E-state index contributed by atoms with van der Waals surface area (Å²) in [6, 6.07) is 15.5. The number of urea groups is 1. The zero-order valence-electron chi connectivity index (χ0n) is 18.7. The Labute approximate surface area is 197 Å². The SMILES string of the molecule is CC(C)(C)[NH+]=CC(=C(N)c1ccnc(N)n1)c1cccc(NC(=O)Nc2ccc(Cl)cc2)c1. The number of allylic oxidation sites excluding steroid dienone is 1. The van der Waals surface area contributed by atoms with Crippen LogP contribution in [0, 0.1) is 0 Å². The first kappa shape index (κ1) is 23.7. The van der Waals surface area contributed by atoms with Gasteiger partial charge in [-0.05, 0) is 68.8 Å². The molecule has 0 fully saturated rings. The molecule has 0 spiro atoms. The first-order valence-electron chi connectivity index (χ1n) is 10.2. The fourth-order valence-electron chi connectivity index (χ4n) is 2.86. The van der Waals surface area contributed by atoms with Crippen molar-refractivity contribution in [3.05, 3.63) is 77.1 Å². The molecule has 8 nitrogen and oxygen atoms in total. The summed E-state index contributed by atoms with van der Waals surface area (Å²) in [6.45, 7) is 6.12. The van der Waals surface area contributed by atoms with Gasteiger partial charge in [0.15, 0.2) is 11.8 Å². The Morgan fingerprint density at radius 3 is 2.42 bits per heavy atom. The van der Waals surface area contributed by atoms with Gasteiger partial charge < -0.3 is 22.1 Å². The third kappa shape index (κ3) is 7.05. The number of amides is 2. The molecule has 0 aliphatic rings. The minimum Gasteiger partial charge on any atom is -0.396 e. The lowest BCUT2D eigenvalue weighted by atomic mass is 10.0. The molecule has 2 aromatic carbocycles. The predicted octanol–water partition coefficient (Wildman–Crippen LogP) is 3.13. The van der Waals surface area contributed by atoms with Crippen molar-refractivity contribution in [2.45, 2.75) is 26.3 Å². The Kier molecular flexibility index (Phi) is 7.30. The third-order valence-corrected chi connectivity index (χ3v) is 4.68. The Morgan fingerprint density at radius 1 is 1.06 bits per heavy atom. The second-order valence-corrected chi connectivity index (χ2v) is 8.77. The standard InChI is InChI=1S/C24H26ClN7O/c1-24(2,3)29-14-19(21(26)20-11-12-28-22(27)32-20)15-5-4-6-18(13-15)31-23(33)30-17-9-7-16(25)8-10-17/h4-14H,26H2,1-3H3,(H2,27,28,32)(H2,30,31,33)/p+1. The van der Waals surface area contributed by atoms with Gasteiger partial charge in [-0.1, -0.05) is 23.7 Å². The van der Waals surface area contributed by atoms with Crippen molar-refractivity contribution in [3.63, 3.8) is 0 Å². The van der Waals surface area contributed by atoms with E-state index >= 15 is 0 Å². The average Bonchev–Trinajstić information content (AvgIpc) is 2.75. The summed E-state index contributed by atoms with van der Waals surface area (Å²) in [5, 5.41) is 6.20. The average molecular weight is 465 g/mol. The van der Waals surface area contributed by atoms with Gasteiger partial charge in [-0.25, -0.2) is 19.8 Å². The van der Waals surface area contributed by atoms with Crippen LogP contribution in [0.2, 0.25) is 5.02 Å². The zero-order valence-corrected chi connectivity index (χ0v) is 19.4. The Hall–Kier alpha value is -3.91. The molecular formula is C24H27ClN7O+. The van der Waals surface area contributed by atoms with Gasteiger partial charge in [0.25, 0.3) is 0 Å². The molecule has 3 rings (SSSR count). The van der Waals surface area contributed by atoms with Crippen LogP contribution >= 0.6 is 11.6 Å². The number of anilines is 3. The van der Waals surface area contributed by atoms with Crippen molar-refractivity contribution < 1.29 is 9.79 Å². The van der Waals surface area contributed by atoms with Crippen LogP contribution < -0.4 is 27.1 Å². The molecule has 9 heteroatoms. The third-order valence-electron chi connectivity index (χ3n) is 4.42. The smallest absolute Gasteiger partial charge is 0.323 e. The van der Waals surface area contributed by atoms with Gasteiger partial charge in [0.2, 0.25) is 5.95 Å². The van der Waals surface area contributed by atoms with Crippen molar-refractivity contribution in [2.24, 2.45) is 5.73 Å². The highest BCUT2D eigenvalue weighted by Crippen LogP contribution is 2.23. The Morgan fingerprint density at radius 2 is 1.76 bits per heavy atom. The highest BCUT2D eigenvalue weighted by Gasteiger charge is 2.17. The van der Waals surface area contributed by atoms with Gasteiger partial charge in [0.1, 0.15) is 0 Å². The lowest BCUT2D eigenvalue weighted by molar-refractivity contribution is -0.533. The monoisotopic (exact) mass is 464 g/mol. The maximum absolute atomic E-state index is 12.5. The normalized spacial score (nSPS) is 12.4. The number of hydrogen-bond acceptors (Lipinski definition) is 5. The number of carbonyl (C=O) groups is 1. The number of benzene rings is 2. The Bertz CT molecular complexity index is 1200. The van der Waals surface area contributed by atoms with Crippen molar-refractivity contribution >= 4 is 52.4 Å². The van der Waals surface area contributed by atoms with E-state index < -0.39 is 0 Å². The quantitative estimate of drug-likeness (QED) is 0.370. The number of rotatable bonds is 5. The van der Waals surface area contributed by atoms with E-state index in [0.29, 0.717) is 33.4 Å². The molecule has 0 saturated carbocycles. The van der Waals surface area contributed by atoms with E-state index in [4.69, 9.17) is 23.1 Å². The van der Waals surface area contributed by atoms with Crippen LogP contribution in [-0.4, -0.2) is 27.8 Å². The summed E-state index contributed by atoms with van der Waals surface area (Å²) >= 11 is 5.89. The number of nitrogens with one attached hydrogen (secondary N) is 3. The first-order chi connectivity index (χ1) is 15.6. The lowest BCUT2D eigenvalue weighted by Gasteiger charge is -2.12. The number of nitrogens with zero attached hydrogens (tertiary/aromatic N) is 2. The number of halogens is 1. The maximum Gasteiger partial charge on any atom is 0.323 e. The van der Waals surface area contributed by atoms with Crippen LogP contribution in [0.25, 0.3) is 11.3 Å². The van der Waals surface area contributed by atoms with Crippen molar-refractivity contribution in [2.75, 3.05) is 16.4 Å².